The van der Waals surface area contributed by atoms with Crippen molar-refractivity contribution < 1.29 is 14.5 Å². The van der Waals surface area contributed by atoms with Crippen molar-refractivity contribution in [3.63, 3.8) is 0 Å². The molecular weight excluding hydrogens is 500 g/mol. The third kappa shape index (κ3) is 5.40. The lowest BCUT2D eigenvalue weighted by Gasteiger charge is -2.19. The molecule has 2 amide bonds. The Morgan fingerprint density at radius 3 is 2.50 bits per heavy atom. The first-order valence-corrected chi connectivity index (χ1v) is 12.0. The second kappa shape index (κ2) is 10.6. The van der Waals surface area contributed by atoms with E-state index in [-0.39, 0.29) is 28.6 Å². The van der Waals surface area contributed by atoms with Gasteiger partial charge in [-0.1, -0.05) is 53.2 Å². The quantitative estimate of drug-likeness (QED) is 0.196. The van der Waals surface area contributed by atoms with Crippen LogP contribution in [0.1, 0.15) is 11.1 Å². The van der Waals surface area contributed by atoms with Crippen LogP contribution in [0, 0.1) is 28.4 Å². The molecule has 1 fully saturated rings. The van der Waals surface area contributed by atoms with E-state index in [9.17, 15) is 25.0 Å². The molecule has 0 aliphatic carbocycles. The van der Waals surface area contributed by atoms with Crippen LogP contribution in [-0.2, 0) is 16.0 Å². The van der Waals surface area contributed by atoms with Crippen molar-refractivity contribution in [3.05, 3.63) is 110 Å². The zero-order valence-electron chi connectivity index (χ0n) is 19.0. The smallest absolute Gasteiger partial charge is 0.269 e. The van der Waals surface area contributed by atoms with E-state index >= 15 is 0 Å². The molecule has 1 heterocycles. The van der Waals surface area contributed by atoms with Crippen molar-refractivity contribution in [1.82, 2.24) is 0 Å². The van der Waals surface area contributed by atoms with E-state index in [4.69, 9.17) is 11.6 Å². The zero-order chi connectivity index (χ0) is 25.8. The Kier molecular flexibility index (Phi) is 7.38. The van der Waals surface area contributed by atoms with Crippen molar-refractivity contribution in [3.8, 4) is 6.07 Å². The predicted molar refractivity (Wildman–Crippen MR) is 140 cm³/mol. The van der Waals surface area contributed by atoms with Crippen LogP contribution < -0.4 is 10.2 Å². The molecule has 1 atom stereocenters. The van der Waals surface area contributed by atoms with Crippen LogP contribution >= 0.6 is 23.4 Å². The summed E-state index contributed by atoms with van der Waals surface area (Å²) >= 11 is 7.00. The molecule has 10 heteroatoms. The number of nitrogens with one attached hydrogen (secondary N) is 1. The number of carbonyl (C=O) groups is 2. The van der Waals surface area contributed by atoms with Crippen LogP contribution in [0.15, 0.2) is 83.4 Å². The molecule has 4 rings (SSSR count). The van der Waals surface area contributed by atoms with Gasteiger partial charge in [0.15, 0.2) is 0 Å². The van der Waals surface area contributed by atoms with Gasteiger partial charge in [-0.2, -0.15) is 5.26 Å². The molecule has 3 aromatic carbocycles. The second-order valence-corrected chi connectivity index (χ2v) is 9.63. The third-order valence-corrected chi connectivity index (χ3v) is 6.96. The molecule has 1 saturated heterocycles. The molecular formula is C26H19ClN4O4S. The van der Waals surface area contributed by atoms with Crippen LogP contribution in [0.4, 0.5) is 17.1 Å². The average Bonchev–Trinajstić information content (AvgIpc) is 3.17. The summed E-state index contributed by atoms with van der Waals surface area (Å²) in [5.74, 6) is -0.986. The van der Waals surface area contributed by atoms with Crippen LogP contribution in [0.3, 0.4) is 0 Å². The Balaban J connectivity index is 1.72. The summed E-state index contributed by atoms with van der Waals surface area (Å²) in [7, 11) is 0. The molecule has 3 aromatic rings. The number of carbonyl (C=O) groups excluding carboxylic acids is 2. The topological polar surface area (TPSA) is 116 Å². The van der Waals surface area contributed by atoms with Gasteiger partial charge in [-0.05, 0) is 55.3 Å². The maximum Gasteiger partial charge on any atom is 0.269 e. The Bertz CT molecular complexity index is 1420. The largest absolute Gasteiger partial charge is 0.321 e. The Hall–Kier alpha value is -4.13. The number of nitrogens with zero attached hydrogens (tertiary/aromatic N) is 3. The second-order valence-electron chi connectivity index (χ2n) is 8.00. The average molecular weight is 519 g/mol. The number of nitro benzene ring substituents is 1. The SMILES string of the molecule is Cc1ccc(N2C(=O)C(Cc3cccc([N+](=O)[O-])c3)SC2=C(C#N)C(=O)Nc2ccc(Cl)cc2)cc1. The summed E-state index contributed by atoms with van der Waals surface area (Å²) in [6.45, 7) is 1.91. The first kappa shape index (κ1) is 25.0. The van der Waals surface area contributed by atoms with E-state index in [1.165, 1.54) is 17.0 Å². The fraction of sp³-hybridized carbons (Fsp3) is 0.115. The molecule has 0 spiro atoms. The Morgan fingerprint density at radius 2 is 1.86 bits per heavy atom. The van der Waals surface area contributed by atoms with Crippen molar-refractivity contribution in [2.24, 2.45) is 0 Å². The molecule has 180 valence electrons. The van der Waals surface area contributed by atoms with E-state index in [0.29, 0.717) is 22.0 Å². The molecule has 8 nitrogen and oxygen atoms in total. The zero-order valence-corrected chi connectivity index (χ0v) is 20.5. The fourth-order valence-electron chi connectivity index (χ4n) is 3.65. The van der Waals surface area contributed by atoms with Crippen molar-refractivity contribution in [2.45, 2.75) is 18.6 Å². The summed E-state index contributed by atoms with van der Waals surface area (Å²) in [5.41, 5.74) is 2.25. The molecule has 0 saturated carbocycles. The molecule has 0 bridgehead atoms. The number of anilines is 2. The number of amides is 2. The number of non-ortho nitro benzene ring substituents is 1. The number of halogens is 1. The van der Waals surface area contributed by atoms with E-state index in [2.05, 4.69) is 5.32 Å². The van der Waals surface area contributed by atoms with Crippen molar-refractivity contribution in [1.29, 1.82) is 5.26 Å². The number of hydrogen-bond acceptors (Lipinski definition) is 6. The Morgan fingerprint density at radius 1 is 1.17 bits per heavy atom. The number of rotatable bonds is 6. The first-order valence-electron chi connectivity index (χ1n) is 10.8. The molecule has 1 aliphatic rings. The van der Waals surface area contributed by atoms with Crippen molar-refractivity contribution >= 4 is 52.2 Å². The number of thioether (sulfide) groups is 1. The van der Waals surface area contributed by atoms with E-state index in [1.807, 2.05) is 25.1 Å². The lowest BCUT2D eigenvalue weighted by molar-refractivity contribution is -0.384. The molecule has 0 aromatic heterocycles. The maximum absolute atomic E-state index is 13.5. The summed E-state index contributed by atoms with van der Waals surface area (Å²) in [5, 5.41) is 23.8. The van der Waals surface area contributed by atoms with Crippen LogP contribution in [0.25, 0.3) is 0 Å². The summed E-state index contributed by atoms with van der Waals surface area (Å²) in [4.78, 5) is 38.7. The van der Waals surface area contributed by atoms with E-state index in [0.717, 1.165) is 17.3 Å². The first-order chi connectivity index (χ1) is 17.3. The van der Waals surface area contributed by atoms with Gasteiger partial charge in [0.1, 0.15) is 16.7 Å². The maximum atomic E-state index is 13.5. The summed E-state index contributed by atoms with van der Waals surface area (Å²) < 4.78 is 0. The minimum atomic E-state index is -0.685. The lowest BCUT2D eigenvalue weighted by atomic mass is 10.1. The van der Waals surface area contributed by atoms with E-state index in [1.54, 1.807) is 48.5 Å². The van der Waals surface area contributed by atoms with Gasteiger partial charge in [0.2, 0.25) is 5.91 Å². The van der Waals surface area contributed by atoms with Crippen LogP contribution in [0.2, 0.25) is 5.02 Å². The molecule has 0 radical (unpaired) electrons. The number of aryl methyl sites for hydroxylation is 1. The van der Waals surface area contributed by atoms with Gasteiger partial charge >= 0.3 is 0 Å². The molecule has 1 N–H and O–H groups in total. The minimum absolute atomic E-state index is 0.0749. The monoisotopic (exact) mass is 518 g/mol. The minimum Gasteiger partial charge on any atom is -0.321 e. The summed E-state index contributed by atoms with van der Waals surface area (Å²) in [6.07, 6.45) is 0.189. The van der Waals surface area contributed by atoms with Gasteiger partial charge in [-0.3, -0.25) is 24.6 Å². The highest BCUT2D eigenvalue weighted by molar-refractivity contribution is 8.05. The highest BCUT2D eigenvalue weighted by Crippen LogP contribution is 2.42. The fourth-order valence-corrected chi connectivity index (χ4v) is 5.09. The van der Waals surface area contributed by atoms with Crippen LogP contribution in [0.5, 0.6) is 0 Å². The van der Waals surface area contributed by atoms with Gasteiger partial charge in [0.25, 0.3) is 11.6 Å². The number of benzene rings is 3. The van der Waals surface area contributed by atoms with Gasteiger partial charge in [-0.15, -0.1) is 0 Å². The van der Waals surface area contributed by atoms with Gasteiger partial charge in [-0.25, -0.2) is 0 Å². The molecule has 36 heavy (non-hydrogen) atoms. The lowest BCUT2D eigenvalue weighted by Crippen LogP contribution is -2.30. The number of nitriles is 1. The van der Waals surface area contributed by atoms with Crippen LogP contribution in [-0.4, -0.2) is 22.0 Å². The predicted octanol–water partition coefficient (Wildman–Crippen LogP) is 5.62. The molecule has 1 aliphatic heterocycles. The third-order valence-electron chi connectivity index (χ3n) is 5.44. The van der Waals surface area contributed by atoms with Gasteiger partial charge in [0.05, 0.1) is 10.2 Å². The Labute approximate surface area is 216 Å². The summed E-state index contributed by atoms with van der Waals surface area (Å²) in [6, 6.07) is 21.6. The number of hydrogen-bond donors (Lipinski definition) is 1. The highest BCUT2D eigenvalue weighted by atomic mass is 35.5. The number of nitro groups is 1. The van der Waals surface area contributed by atoms with Gasteiger partial charge in [0, 0.05) is 28.5 Å². The molecule has 1 unspecified atom stereocenters. The van der Waals surface area contributed by atoms with Gasteiger partial charge < -0.3 is 5.32 Å². The normalized spacial score (nSPS) is 16.4. The standard InChI is InChI=1S/C26H19ClN4O4S/c1-16-5-11-20(12-6-16)30-25(33)23(14-17-3-2-4-21(13-17)31(34)35)36-26(30)22(15-28)24(32)29-19-9-7-18(27)8-10-19/h2-13,23H,14H2,1H3,(H,29,32). The van der Waals surface area contributed by atoms with Crippen molar-refractivity contribution in [2.75, 3.05) is 10.2 Å². The highest BCUT2D eigenvalue weighted by Gasteiger charge is 2.41. The van der Waals surface area contributed by atoms with E-state index < -0.39 is 16.1 Å².